The summed E-state index contributed by atoms with van der Waals surface area (Å²) in [5.41, 5.74) is 1.17. The second-order valence-electron chi connectivity index (χ2n) is 7.63. The fourth-order valence-electron chi connectivity index (χ4n) is 3.85. The van der Waals surface area contributed by atoms with Crippen LogP contribution in [0.2, 0.25) is 0 Å². The monoisotopic (exact) mass is 330 g/mol. The molecule has 0 radical (unpaired) electrons. The zero-order valence-corrected chi connectivity index (χ0v) is 15.1. The number of aliphatic hydroxyl groups excluding tert-OH is 1. The van der Waals surface area contributed by atoms with Gasteiger partial charge in [-0.25, -0.2) is 4.79 Å². The van der Waals surface area contributed by atoms with E-state index in [9.17, 15) is 9.90 Å². The molecule has 3 nitrogen and oxygen atoms in total. The summed E-state index contributed by atoms with van der Waals surface area (Å²) in [5.74, 6) is 0.251. The van der Waals surface area contributed by atoms with E-state index in [1.807, 2.05) is 6.07 Å². The second kappa shape index (κ2) is 7.98. The summed E-state index contributed by atoms with van der Waals surface area (Å²) < 4.78 is 5.76. The Morgan fingerprint density at radius 2 is 2.04 bits per heavy atom. The average Bonchev–Trinajstić information content (AvgIpc) is 2.55. The molecule has 1 fully saturated rings. The normalized spacial score (nSPS) is 25.8. The van der Waals surface area contributed by atoms with Crippen LogP contribution in [0, 0.1) is 11.8 Å². The number of rotatable bonds is 6. The molecule has 24 heavy (non-hydrogen) atoms. The van der Waals surface area contributed by atoms with Crippen LogP contribution < -0.4 is 0 Å². The first kappa shape index (κ1) is 18.7. The average molecular weight is 330 g/mol. The van der Waals surface area contributed by atoms with Gasteiger partial charge in [-0.3, -0.25) is 0 Å². The maximum atomic E-state index is 12.2. The molecule has 1 aromatic carbocycles. The Hall–Kier alpha value is -1.61. The Kier molecular flexibility index (Phi) is 6.22. The lowest BCUT2D eigenvalue weighted by Crippen LogP contribution is -2.44. The first-order chi connectivity index (χ1) is 11.4. The molecule has 4 atom stereocenters. The molecule has 2 rings (SSSR count). The van der Waals surface area contributed by atoms with E-state index in [0.29, 0.717) is 5.92 Å². The fourth-order valence-corrected chi connectivity index (χ4v) is 3.85. The third-order valence-corrected chi connectivity index (χ3v) is 5.43. The Labute approximate surface area is 145 Å². The van der Waals surface area contributed by atoms with Crippen molar-refractivity contribution in [2.24, 2.45) is 11.8 Å². The van der Waals surface area contributed by atoms with Crippen LogP contribution in [0.15, 0.2) is 43.0 Å². The second-order valence-corrected chi connectivity index (χ2v) is 7.63. The number of carbonyl (C=O) groups is 1. The Morgan fingerprint density at radius 1 is 1.38 bits per heavy atom. The van der Waals surface area contributed by atoms with Gasteiger partial charge >= 0.3 is 5.97 Å². The zero-order valence-electron chi connectivity index (χ0n) is 15.1. The van der Waals surface area contributed by atoms with Gasteiger partial charge in [-0.15, -0.1) is 6.58 Å². The van der Waals surface area contributed by atoms with Gasteiger partial charge < -0.3 is 9.84 Å². The van der Waals surface area contributed by atoms with Gasteiger partial charge in [0.1, 0.15) is 6.10 Å². The van der Waals surface area contributed by atoms with Crippen molar-refractivity contribution in [1.29, 1.82) is 0 Å². The van der Waals surface area contributed by atoms with E-state index in [1.165, 1.54) is 5.56 Å². The molecule has 0 spiro atoms. The molecule has 1 saturated carbocycles. The molecule has 0 saturated heterocycles. The molecule has 0 aliphatic heterocycles. The predicted octanol–water partition coefficient (Wildman–Crippen LogP) is 4.25. The van der Waals surface area contributed by atoms with Gasteiger partial charge in [0.25, 0.3) is 0 Å². The molecule has 0 unspecified atom stereocenters. The van der Waals surface area contributed by atoms with Crippen molar-refractivity contribution >= 4 is 5.97 Å². The number of aliphatic hydroxyl groups is 1. The predicted molar refractivity (Wildman–Crippen MR) is 96.7 cm³/mol. The summed E-state index contributed by atoms with van der Waals surface area (Å²) in [6, 6.07) is 10.4. The molecule has 0 heterocycles. The van der Waals surface area contributed by atoms with Crippen molar-refractivity contribution in [2.45, 2.75) is 64.1 Å². The Balaban J connectivity index is 2.19. The SMILES string of the molecule is C=CC[C@@H](O)C(=O)O[C@@H]1C[C@H](C)CC[C@@H]1C(C)(C)c1ccccc1. The highest BCUT2D eigenvalue weighted by atomic mass is 16.6. The van der Waals surface area contributed by atoms with Crippen LogP contribution in [0.5, 0.6) is 0 Å². The summed E-state index contributed by atoms with van der Waals surface area (Å²) in [4.78, 5) is 12.2. The lowest BCUT2D eigenvalue weighted by atomic mass is 9.64. The molecule has 3 heteroatoms. The van der Waals surface area contributed by atoms with Crippen molar-refractivity contribution in [3.05, 3.63) is 48.6 Å². The standard InChI is InChI=1S/C21H30O3/c1-5-9-18(22)20(23)24-19-14-15(2)12-13-17(19)21(3,4)16-10-7-6-8-11-16/h5-8,10-11,15,17-19,22H,1,9,12-14H2,2-4H3/t15-,17+,18-,19-/m1/s1. The largest absolute Gasteiger partial charge is 0.460 e. The van der Waals surface area contributed by atoms with Gasteiger partial charge in [-0.05, 0) is 29.7 Å². The smallest absolute Gasteiger partial charge is 0.335 e. The molecule has 1 aromatic rings. The summed E-state index contributed by atoms with van der Waals surface area (Å²) in [6.45, 7) is 10.2. The lowest BCUT2D eigenvalue weighted by molar-refractivity contribution is -0.166. The van der Waals surface area contributed by atoms with Crippen molar-refractivity contribution in [3.63, 3.8) is 0 Å². The van der Waals surface area contributed by atoms with Gasteiger partial charge in [0.15, 0.2) is 6.10 Å². The third-order valence-electron chi connectivity index (χ3n) is 5.43. The van der Waals surface area contributed by atoms with Crippen LogP contribution in [-0.4, -0.2) is 23.3 Å². The Bertz CT molecular complexity index is 549. The number of carbonyl (C=O) groups excluding carboxylic acids is 1. The van der Waals surface area contributed by atoms with Gasteiger partial charge in [-0.1, -0.05) is 63.6 Å². The van der Waals surface area contributed by atoms with Crippen LogP contribution in [0.25, 0.3) is 0 Å². The third kappa shape index (κ3) is 4.27. The number of ether oxygens (including phenoxy) is 1. The van der Waals surface area contributed by atoms with Gasteiger partial charge in [0.2, 0.25) is 0 Å². The molecule has 132 valence electrons. The quantitative estimate of drug-likeness (QED) is 0.626. The summed E-state index contributed by atoms with van der Waals surface area (Å²) in [6.07, 6.45) is 3.53. The molecule has 0 aromatic heterocycles. The summed E-state index contributed by atoms with van der Waals surface area (Å²) in [7, 11) is 0. The molecule has 1 aliphatic carbocycles. The molecule has 1 N–H and O–H groups in total. The van der Waals surface area contributed by atoms with E-state index < -0.39 is 12.1 Å². The van der Waals surface area contributed by atoms with E-state index in [-0.39, 0.29) is 23.9 Å². The van der Waals surface area contributed by atoms with E-state index >= 15 is 0 Å². The van der Waals surface area contributed by atoms with Crippen molar-refractivity contribution in [3.8, 4) is 0 Å². The molecular formula is C21H30O3. The van der Waals surface area contributed by atoms with Gasteiger partial charge in [0, 0.05) is 12.3 Å². The highest BCUT2D eigenvalue weighted by Crippen LogP contribution is 2.43. The van der Waals surface area contributed by atoms with Gasteiger partial charge in [0.05, 0.1) is 0 Å². The maximum Gasteiger partial charge on any atom is 0.335 e. The number of hydrogen-bond acceptors (Lipinski definition) is 3. The van der Waals surface area contributed by atoms with Gasteiger partial charge in [-0.2, -0.15) is 0 Å². The highest BCUT2D eigenvalue weighted by molar-refractivity contribution is 5.74. The minimum absolute atomic E-state index is 0.0876. The minimum Gasteiger partial charge on any atom is -0.460 e. The van der Waals surface area contributed by atoms with Crippen LogP contribution in [-0.2, 0) is 14.9 Å². The van der Waals surface area contributed by atoms with Crippen LogP contribution >= 0.6 is 0 Å². The Morgan fingerprint density at radius 3 is 2.67 bits per heavy atom. The molecule has 1 aliphatic rings. The van der Waals surface area contributed by atoms with Crippen LogP contribution in [0.3, 0.4) is 0 Å². The maximum absolute atomic E-state index is 12.2. The van der Waals surface area contributed by atoms with Crippen LogP contribution in [0.1, 0.15) is 52.0 Å². The highest BCUT2D eigenvalue weighted by Gasteiger charge is 2.42. The van der Waals surface area contributed by atoms with Crippen LogP contribution in [0.4, 0.5) is 0 Å². The summed E-state index contributed by atoms with van der Waals surface area (Å²) in [5, 5.41) is 9.87. The number of esters is 1. The summed E-state index contributed by atoms with van der Waals surface area (Å²) >= 11 is 0. The molecular weight excluding hydrogens is 300 g/mol. The first-order valence-electron chi connectivity index (χ1n) is 8.91. The first-order valence-corrected chi connectivity index (χ1v) is 8.91. The molecule has 0 amide bonds. The zero-order chi connectivity index (χ0) is 17.7. The van der Waals surface area contributed by atoms with E-state index in [2.05, 4.69) is 51.6 Å². The minimum atomic E-state index is -1.11. The molecule has 0 bridgehead atoms. The van der Waals surface area contributed by atoms with E-state index in [4.69, 9.17) is 4.74 Å². The number of hydrogen-bond donors (Lipinski definition) is 1. The number of benzene rings is 1. The van der Waals surface area contributed by atoms with Crippen molar-refractivity contribution < 1.29 is 14.6 Å². The van der Waals surface area contributed by atoms with E-state index in [1.54, 1.807) is 6.08 Å². The van der Waals surface area contributed by atoms with Crippen molar-refractivity contribution in [1.82, 2.24) is 0 Å². The van der Waals surface area contributed by atoms with E-state index in [0.717, 1.165) is 19.3 Å². The lowest BCUT2D eigenvalue weighted by Gasteiger charge is -2.44. The van der Waals surface area contributed by atoms with Crippen molar-refractivity contribution in [2.75, 3.05) is 0 Å². The topological polar surface area (TPSA) is 46.5 Å². The fraction of sp³-hybridized carbons (Fsp3) is 0.571.